The van der Waals surface area contributed by atoms with Gasteiger partial charge in [0.15, 0.2) is 23.3 Å². The minimum atomic E-state index is -2.26. The fourth-order valence-corrected chi connectivity index (χ4v) is 10.5. The molecule has 342 valence electrons. The maximum atomic E-state index is 15.9. The number of Topliss-reactive ketones (excluding diaryl/α,β-unsaturated/α-hetero) is 1. The van der Waals surface area contributed by atoms with E-state index in [1.54, 1.807) is 99.7 Å². The Morgan fingerprint density at radius 1 is 0.769 bits per heavy atom. The largest absolute Gasteiger partial charge is 0.461 e. The van der Waals surface area contributed by atoms with E-state index < -0.39 is 94.1 Å². The van der Waals surface area contributed by atoms with Crippen LogP contribution >= 0.6 is 0 Å². The van der Waals surface area contributed by atoms with Gasteiger partial charge in [0, 0.05) is 56.6 Å². The van der Waals surface area contributed by atoms with Crippen LogP contribution < -0.4 is 0 Å². The molecule has 3 fully saturated rings. The maximum Gasteiger partial charge on any atom is 0.338 e. The summed E-state index contributed by atoms with van der Waals surface area (Å²) in [5.74, 6) is -6.31. The Morgan fingerprint density at radius 2 is 1.37 bits per heavy atom. The summed E-state index contributed by atoms with van der Waals surface area (Å²) in [4.78, 5) is 95.9. The number of esters is 5. The number of hydrogen-bond donors (Lipinski definition) is 1. The number of ketones is 2. The van der Waals surface area contributed by atoms with E-state index in [0.29, 0.717) is 16.7 Å². The van der Waals surface area contributed by atoms with E-state index in [0.717, 1.165) is 12.5 Å². The van der Waals surface area contributed by atoms with Gasteiger partial charge < -0.3 is 33.5 Å². The van der Waals surface area contributed by atoms with Gasteiger partial charge in [-0.25, -0.2) is 4.79 Å². The van der Waals surface area contributed by atoms with E-state index in [1.807, 2.05) is 6.07 Å². The van der Waals surface area contributed by atoms with Crippen LogP contribution in [0.4, 0.5) is 0 Å². The van der Waals surface area contributed by atoms with Gasteiger partial charge in [0.2, 0.25) is 0 Å². The van der Waals surface area contributed by atoms with Crippen LogP contribution in [0, 0.1) is 16.7 Å². The van der Waals surface area contributed by atoms with Crippen molar-refractivity contribution in [2.45, 2.75) is 116 Å². The Morgan fingerprint density at radius 3 is 1.94 bits per heavy atom. The second kappa shape index (κ2) is 18.0. The number of aliphatic hydroxyl groups is 1. The summed E-state index contributed by atoms with van der Waals surface area (Å²) in [6, 6.07) is 23.9. The van der Waals surface area contributed by atoms with Crippen molar-refractivity contribution in [3.63, 3.8) is 0 Å². The smallest absolute Gasteiger partial charge is 0.338 e. The minimum absolute atomic E-state index is 0.104. The molecule has 9 atom stereocenters. The standard InChI is InChI=1S/C51H54O14/c1-29-37(61-30(2)52)27-51(59)46(64-47(58)36-19-12-9-13-20-36)44-49(7,45(57)43(62-31(3)53)41(29)48(51,5)6)38(26-39-50(44,28-60-39)65-32(4)54)63-40(55)21-15-14-16-33-22-24-35(25-23-33)42(56)34-17-10-8-11-18-34/h8-14,16-20,22-25,37-39,43-44,46,59H,15,21,26-28H2,1-7H3/b16-14+/t37-,38-,39+,43+,44-,46-,49+,50-,51+/m0/s1. The van der Waals surface area contributed by atoms with Crippen molar-refractivity contribution in [1.82, 2.24) is 0 Å². The third kappa shape index (κ3) is 8.45. The first-order valence-electron chi connectivity index (χ1n) is 21.7. The van der Waals surface area contributed by atoms with Gasteiger partial charge in [-0.1, -0.05) is 98.8 Å². The molecule has 1 aliphatic heterocycles. The number of allylic oxidation sites excluding steroid dienone is 1. The monoisotopic (exact) mass is 890 g/mol. The van der Waals surface area contributed by atoms with Gasteiger partial charge in [-0.15, -0.1) is 0 Å². The van der Waals surface area contributed by atoms with Crippen LogP contribution in [-0.2, 0) is 52.4 Å². The van der Waals surface area contributed by atoms with Gasteiger partial charge in [0.1, 0.15) is 30.0 Å². The summed E-state index contributed by atoms with van der Waals surface area (Å²) in [7, 11) is 0. The van der Waals surface area contributed by atoms with Crippen molar-refractivity contribution in [2.75, 3.05) is 6.61 Å². The molecule has 14 heteroatoms. The Labute approximate surface area is 377 Å². The second-order valence-electron chi connectivity index (χ2n) is 18.1. The Bertz CT molecular complexity index is 2440. The Kier molecular flexibility index (Phi) is 12.9. The SMILES string of the molecule is CC(=O)O[C@H]1C(=O)[C@]2(C)[C@@H](OC(=O)CC/C=C/c3ccc(C(=O)c4ccccc4)cc3)C[C@H]3OC[C@@]3(OC(C)=O)[C@H]2[C@H](OC(=O)c2ccccc2)[C@]2(O)C[C@H](OC(C)=O)C(C)=C1C2(C)C. The zero-order valence-corrected chi connectivity index (χ0v) is 37.5. The first-order valence-corrected chi connectivity index (χ1v) is 21.7. The van der Waals surface area contributed by atoms with Crippen LogP contribution in [0.3, 0.4) is 0 Å². The van der Waals surface area contributed by atoms with Crippen molar-refractivity contribution >= 4 is 47.5 Å². The zero-order chi connectivity index (χ0) is 47.1. The summed E-state index contributed by atoms with van der Waals surface area (Å²) in [5.41, 5.74) is -5.17. The predicted molar refractivity (Wildman–Crippen MR) is 233 cm³/mol. The van der Waals surface area contributed by atoms with Crippen LogP contribution in [0.2, 0.25) is 0 Å². The van der Waals surface area contributed by atoms with E-state index >= 15 is 4.79 Å². The molecule has 0 amide bonds. The Balaban J connectivity index is 1.29. The molecule has 1 N–H and O–H groups in total. The fourth-order valence-electron chi connectivity index (χ4n) is 10.5. The molecule has 1 saturated heterocycles. The lowest BCUT2D eigenvalue weighted by atomic mass is 9.44. The van der Waals surface area contributed by atoms with Crippen molar-refractivity contribution in [3.8, 4) is 0 Å². The van der Waals surface area contributed by atoms with Crippen LogP contribution in [0.15, 0.2) is 102 Å². The predicted octanol–water partition coefficient (Wildman–Crippen LogP) is 6.50. The molecule has 7 rings (SSSR count). The van der Waals surface area contributed by atoms with E-state index in [1.165, 1.54) is 32.9 Å². The van der Waals surface area contributed by atoms with Crippen LogP contribution in [0.5, 0.6) is 0 Å². The normalized spacial score (nSPS) is 30.0. The van der Waals surface area contributed by atoms with Crippen molar-refractivity contribution < 1.29 is 67.1 Å². The van der Waals surface area contributed by atoms with Gasteiger partial charge in [-0.3, -0.25) is 28.8 Å². The molecule has 3 aromatic carbocycles. The number of carbonyl (C=O) groups excluding carboxylic acids is 7. The highest BCUT2D eigenvalue weighted by Gasteiger charge is 2.79. The van der Waals surface area contributed by atoms with Gasteiger partial charge in [-0.2, -0.15) is 0 Å². The molecular formula is C51H54O14. The summed E-state index contributed by atoms with van der Waals surface area (Å²) < 4.78 is 36.7. The van der Waals surface area contributed by atoms with E-state index in [9.17, 15) is 33.9 Å². The lowest BCUT2D eigenvalue weighted by Crippen LogP contribution is -2.82. The van der Waals surface area contributed by atoms with E-state index in [-0.39, 0.29) is 49.2 Å². The van der Waals surface area contributed by atoms with Gasteiger partial charge in [0.25, 0.3) is 0 Å². The minimum Gasteiger partial charge on any atom is -0.461 e. The van der Waals surface area contributed by atoms with Gasteiger partial charge in [0.05, 0.1) is 23.5 Å². The van der Waals surface area contributed by atoms with E-state index in [4.69, 9.17) is 28.4 Å². The summed E-state index contributed by atoms with van der Waals surface area (Å²) in [6.07, 6.45) is -3.95. The lowest BCUT2D eigenvalue weighted by Gasteiger charge is -2.67. The Hall–Kier alpha value is -6.25. The van der Waals surface area contributed by atoms with Crippen LogP contribution in [-0.4, -0.2) is 94.8 Å². The first-order chi connectivity index (χ1) is 30.7. The lowest BCUT2D eigenvalue weighted by molar-refractivity contribution is -0.346. The molecule has 1 heterocycles. The molecule has 3 aliphatic carbocycles. The number of fused-ring (bicyclic) bond motifs is 5. The average molecular weight is 891 g/mol. The van der Waals surface area contributed by atoms with E-state index in [2.05, 4.69) is 0 Å². The van der Waals surface area contributed by atoms with Crippen LogP contribution in [0.25, 0.3) is 6.08 Å². The highest BCUT2D eigenvalue weighted by Crippen LogP contribution is 2.65. The zero-order valence-electron chi connectivity index (χ0n) is 37.5. The summed E-state index contributed by atoms with van der Waals surface area (Å²) >= 11 is 0. The van der Waals surface area contributed by atoms with Crippen LogP contribution in [0.1, 0.15) is 106 Å². The van der Waals surface area contributed by atoms with Crippen molar-refractivity contribution in [1.29, 1.82) is 0 Å². The van der Waals surface area contributed by atoms with Crippen molar-refractivity contribution in [2.24, 2.45) is 16.7 Å². The molecule has 14 nitrogen and oxygen atoms in total. The summed E-state index contributed by atoms with van der Waals surface area (Å²) in [6.45, 7) is 9.53. The van der Waals surface area contributed by atoms with Crippen molar-refractivity contribution in [3.05, 3.63) is 124 Å². The molecule has 2 saturated carbocycles. The number of rotatable bonds is 12. The van der Waals surface area contributed by atoms with Gasteiger partial charge >= 0.3 is 29.8 Å². The number of ether oxygens (including phenoxy) is 6. The summed E-state index contributed by atoms with van der Waals surface area (Å²) in [5, 5.41) is 13.6. The maximum absolute atomic E-state index is 15.9. The number of hydrogen-bond acceptors (Lipinski definition) is 14. The average Bonchev–Trinajstić information content (AvgIpc) is 3.26. The molecule has 0 spiro atoms. The molecule has 2 bridgehead atoms. The topological polar surface area (TPSA) is 195 Å². The number of benzene rings is 3. The quantitative estimate of drug-likeness (QED) is 0.0896. The molecule has 0 aromatic heterocycles. The highest BCUT2D eigenvalue weighted by atomic mass is 16.6. The first kappa shape index (κ1) is 46.7. The molecule has 3 aromatic rings. The number of carbonyl (C=O) groups is 7. The molecule has 0 radical (unpaired) electrons. The highest BCUT2D eigenvalue weighted by molar-refractivity contribution is 6.09. The fraction of sp³-hybridized carbons (Fsp3) is 0.431. The molecule has 4 aliphatic rings. The molecule has 0 unspecified atom stereocenters. The third-order valence-electron chi connectivity index (χ3n) is 13.8. The third-order valence-corrected chi connectivity index (χ3v) is 13.8. The molecule has 65 heavy (non-hydrogen) atoms. The molecular weight excluding hydrogens is 837 g/mol. The van der Waals surface area contributed by atoms with Gasteiger partial charge in [-0.05, 0) is 49.1 Å². The second-order valence-corrected chi connectivity index (χ2v) is 18.1.